The molecule has 0 spiro atoms. The lowest BCUT2D eigenvalue weighted by molar-refractivity contribution is 1.17. The molecular formula is C10H17N. The van der Waals surface area contributed by atoms with Crippen LogP contribution in [0.2, 0.25) is 0 Å². The van der Waals surface area contributed by atoms with E-state index in [-0.39, 0.29) is 0 Å². The van der Waals surface area contributed by atoms with E-state index in [4.69, 9.17) is 0 Å². The van der Waals surface area contributed by atoms with Crippen molar-refractivity contribution in [2.24, 2.45) is 4.99 Å². The summed E-state index contributed by atoms with van der Waals surface area (Å²) in [5, 5.41) is 0. The Kier molecular flexibility index (Phi) is 4.51. The molecule has 0 atom stereocenters. The van der Waals surface area contributed by atoms with Gasteiger partial charge in [0.15, 0.2) is 0 Å². The van der Waals surface area contributed by atoms with Crippen LogP contribution < -0.4 is 0 Å². The first-order valence-electron chi connectivity index (χ1n) is 3.91. The van der Waals surface area contributed by atoms with Gasteiger partial charge in [0.1, 0.15) is 0 Å². The zero-order chi connectivity index (χ0) is 8.85. The van der Waals surface area contributed by atoms with Crippen molar-refractivity contribution in [3.63, 3.8) is 0 Å². The normalized spacial score (nSPS) is 11.1. The summed E-state index contributed by atoms with van der Waals surface area (Å²) < 4.78 is 0. The van der Waals surface area contributed by atoms with Gasteiger partial charge in [0.05, 0.1) is 5.71 Å². The van der Waals surface area contributed by atoms with Gasteiger partial charge in [0, 0.05) is 7.05 Å². The Hall–Kier alpha value is -0.850. The van der Waals surface area contributed by atoms with Crippen LogP contribution in [0, 0.1) is 0 Å². The Labute approximate surface area is 69.5 Å². The van der Waals surface area contributed by atoms with Crippen LogP contribution in [0.15, 0.2) is 28.8 Å². The lowest BCUT2D eigenvalue weighted by Gasteiger charge is -2.01. The van der Waals surface area contributed by atoms with Crippen LogP contribution in [0.1, 0.15) is 27.2 Å². The van der Waals surface area contributed by atoms with E-state index in [0.717, 1.165) is 17.7 Å². The number of hydrogen-bond donors (Lipinski definition) is 0. The third-order valence-electron chi connectivity index (χ3n) is 1.46. The van der Waals surface area contributed by atoms with E-state index in [1.807, 2.05) is 0 Å². The second-order valence-corrected chi connectivity index (χ2v) is 2.79. The molecule has 1 heteroatoms. The van der Waals surface area contributed by atoms with Crippen molar-refractivity contribution in [2.75, 3.05) is 7.05 Å². The zero-order valence-electron chi connectivity index (χ0n) is 7.94. The number of hydrogen-bond acceptors (Lipinski definition) is 1. The first kappa shape index (κ1) is 10.2. The highest BCUT2D eigenvalue weighted by Crippen LogP contribution is 2.03. The Morgan fingerprint density at radius 1 is 1.45 bits per heavy atom. The van der Waals surface area contributed by atoms with Gasteiger partial charge in [-0.3, -0.25) is 4.99 Å². The maximum Gasteiger partial charge on any atom is 0.0596 e. The van der Waals surface area contributed by atoms with Gasteiger partial charge >= 0.3 is 0 Å². The molecule has 0 aromatic rings. The number of nitrogens with zero attached hydrogens (tertiary/aromatic N) is 1. The molecule has 0 unspecified atom stereocenters. The highest BCUT2D eigenvalue weighted by Gasteiger charge is 1.96. The van der Waals surface area contributed by atoms with E-state index in [1.165, 1.54) is 5.57 Å². The average Bonchev–Trinajstić information content (AvgIpc) is 1.98. The largest absolute Gasteiger partial charge is 0.288 e. The van der Waals surface area contributed by atoms with Crippen LogP contribution in [0.4, 0.5) is 0 Å². The van der Waals surface area contributed by atoms with Crippen molar-refractivity contribution in [2.45, 2.75) is 27.2 Å². The van der Waals surface area contributed by atoms with Crippen LogP contribution in [-0.4, -0.2) is 12.8 Å². The minimum Gasteiger partial charge on any atom is -0.288 e. The van der Waals surface area contributed by atoms with Gasteiger partial charge in [-0.25, -0.2) is 0 Å². The molecular weight excluding hydrogens is 134 g/mol. The van der Waals surface area contributed by atoms with Crippen molar-refractivity contribution >= 4 is 5.71 Å². The quantitative estimate of drug-likeness (QED) is 0.550. The van der Waals surface area contributed by atoms with E-state index >= 15 is 0 Å². The van der Waals surface area contributed by atoms with Crippen molar-refractivity contribution < 1.29 is 0 Å². The molecule has 1 nitrogen and oxygen atoms in total. The molecule has 0 radical (unpaired) electrons. The lowest BCUT2D eigenvalue weighted by atomic mass is 10.1. The van der Waals surface area contributed by atoms with Crippen LogP contribution in [-0.2, 0) is 0 Å². The predicted molar refractivity (Wildman–Crippen MR) is 52.2 cm³/mol. The molecule has 0 aliphatic heterocycles. The van der Waals surface area contributed by atoms with E-state index in [0.29, 0.717) is 0 Å². The molecule has 0 amide bonds. The topological polar surface area (TPSA) is 12.4 Å². The van der Waals surface area contributed by atoms with Gasteiger partial charge in [-0.05, 0) is 31.9 Å². The van der Waals surface area contributed by atoms with Gasteiger partial charge in [-0.1, -0.05) is 19.1 Å². The first-order valence-corrected chi connectivity index (χ1v) is 3.91. The van der Waals surface area contributed by atoms with Crippen LogP contribution in [0.3, 0.4) is 0 Å². The number of rotatable bonds is 3. The maximum atomic E-state index is 4.14. The molecule has 0 fully saturated rings. The summed E-state index contributed by atoms with van der Waals surface area (Å²) in [6, 6.07) is 0. The van der Waals surface area contributed by atoms with Crippen molar-refractivity contribution in [1.82, 2.24) is 0 Å². The Bertz CT molecular complexity index is 193. The predicted octanol–water partition coefficient (Wildman–Crippen LogP) is 2.99. The molecule has 11 heavy (non-hydrogen) atoms. The fraction of sp³-hybridized carbons (Fsp3) is 0.500. The van der Waals surface area contributed by atoms with Crippen molar-refractivity contribution in [3.05, 3.63) is 23.8 Å². The highest BCUT2D eigenvalue weighted by molar-refractivity contribution is 6.08. The summed E-state index contributed by atoms with van der Waals surface area (Å²) in [7, 11) is 1.80. The molecule has 0 aliphatic rings. The average molecular weight is 151 g/mol. The Balaban J connectivity index is 4.45. The van der Waals surface area contributed by atoms with Crippen molar-refractivity contribution in [3.8, 4) is 0 Å². The minimum atomic E-state index is 0.969. The summed E-state index contributed by atoms with van der Waals surface area (Å²) in [5.74, 6) is 0. The summed E-state index contributed by atoms with van der Waals surface area (Å²) in [6.45, 7) is 10.1. The molecule has 0 saturated heterocycles. The van der Waals surface area contributed by atoms with E-state index in [9.17, 15) is 0 Å². The summed E-state index contributed by atoms with van der Waals surface area (Å²) >= 11 is 0. The molecule has 0 aromatic carbocycles. The summed E-state index contributed by atoms with van der Waals surface area (Å²) in [6.07, 6.45) is 3.03. The third-order valence-corrected chi connectivity index (χ3v) is 1.46. The maximum absolute atomic E-state index is 4.14. The van der Waals surface area contributed by atoms with E-state index < -0.39 is 0 Å². The molecule has 0 bridgehead atoms. The third kappa shape index (κ3) is 3.76. The standard InChI is InChI=1S/C10H17N/c1-6-9(4)10(11-5)7-8(2)3/h7H,4,6H2,1-3,5H3/b11-10+. The molecule has 0 rings (SSSR count). The Morgan fingerprint density at radius 3 is 2.27 bits per heavy atom. The fourth-order valence-corrected chi connectivity index (χ4v) is 0.779. The Morgan fingerprint density at radius 2 is 2.00 bits per heavy atom. The van der Waals surface area contributed by atoms with Crippen LogP contribution in [0.5, 0.6) is 0 Å². The second-order valence-electron chi connectivity index (χ2n) is 2.79. The van der Waals surface area contributed by atoms with E-state index in [2.05, 4.69) is 38.4 Å². The van der Waals surface area contributed by atoms with Gasteiger partial charge in [0.2, 0.25) is 0 Å². The minimum absolute atomic E-state index is 0.969. The fourth-order valence-electron chi connectivity index (χ4n) is 0.779. The van der Waals surface area contributed by atoms with Gasteiger partial charge < -0.3 is 0 Å². The zero-order valence-corrected chi connectivity index (χ0v) is 7.94. The van der Waals surface area contributed by atoms with Gasteiger partial charge in [0.25, 0.3) is 0 Å². The van der Waals surface area contributed by atoms with Crippen LogP contribution >= 0.6 is 0 Å². The molecule has 0 heterocycles. The molecule has 0 aliphatic carbocycles. The number of aliphatic imine (C=N–C) groups is 1. The molecule has 0 aromatic heterocycles. The monoisotopic (exact) mass is 151 g/mol. The molecule has 62 valence electrons. The first-order chi connectivity index (χ1) is 5.11. The summed E-state index contributed by atoms with van der Waals surface area (Å²) in [4.78, 5) is 4.14. The molecule has 0 saturated carbocycles. The summed E-state index contributed by atoms with van der Waals surface area (Å²) in [5.41, 5.74) is 3.39. The second kappa shape index (κ2) is 4.89. The van der Waals surface area contributed by atoms with Gasteiger partial charge in [-0.15, -0.1) is 0 Å². The highest BCUT2D eigenvalue weighted by atomic mass is 14.7. The van der Waals surface area contributed by atoms with Crippen LogP contribution in [0.25, 0.3) is 0 Å². The lowest BCUT2D eigenvalue weighted by Crippen LogP contribution is -1.97. The van der Waals surface area contributed by atoms with Gasteiger partial charge in [-0.2, -0.15) is 0 Å². The smallest absolute Gasteiger partial charge is 0.0596 e. The van der Waals surface area contributed by atoms with E-state index in [1.54, 1.807) is 7.05 Å². The molecule has 0 N–H and O–H groups in total. The number of allylic oxidation sites excluding steroid dienone is 3. The van der Waals surface area contributed by atoms with Crippen molar-refractivity contribution in [1.29, 1.82) is 0 Å². The SMILES string of the molecule is C=C(CC)/C(C=C(C)C)=N/C.